The maximum Gasteiger partial charge on any atom is 0.309 e. The number of hydrogen-bond donors (Lipinski definition) is 0. The number of ether oxygens (including phenoxy) is 3. The van der Waals surface area contributed by atoms with E-state index >= 15 is 0 Å². The van der Waals surface area contributed by atoms with Crippen LogP contribution >= 0.6 is 0 Å². The van der Waals surface area contributed by atoms with Gasteiger partial charge in [-0.1, -0.05) is 20.8 Å². The maximum absolute atomic E-state index is 13.2. The molecule has 7 heteroatoms. The Morgan fingerprint density at radius 2 is 2.03 bits per heavy atom. The number of esters is 2. The molecule has 0 N–H and O–H groups in total. The van der Waals surface area contributed by atoms with Crippen molar-refractivity contribution in [3.05, 3.63) is 24.2 Å². The Morgan fingerprint density at radius 3 is 2.69 bits per heavy atom. The van der Waals surface area contributed by atoms with E-state index in [-0.39, 0.29) is 47.7 Å². The fraction of sp³-hybridized carbons (Fsp3) is 0.720. The van der Waals surface area contributed by atoms with Gasteiger partial charge in [-0.25, -0.2) is 0 Å². The summed E-state index contributed by atoms with van der Waals surface area (Å²) in [5.41, 5.74) is -0.749. The number of rotatable bonds is 8. The molecule has 3 aliphatic rings. The van der Waals surface area contributed by atoms with Crippen LogP contribution in [0.15, 0.2) is 23.0 Å². The number of fused-ring (bicyclic) bond motifs is 1. The van der Waals surface area contributed by atoms with Gasteiger partial charge in [-0.3, -0.25) is 14.4 Å². The van der Waals surface area contributed by atoms with Crippen LogP contribution < -0.4 is 0 Å². The molecule has 3 fully saturated rings. The zero-order chi connectivity index (χ0) is 23.3. The summed E-state index contributed by atoms with van der Waals surface area (Å²) in [6.07, 6.45) is 4.86. The van der Waals surface area contributed by atoms with Gasteiger partial charge in [0.1, 0.15) is 23.6 Å². The Morgan fingerprint density at radius 1 is 1.28 bits per heavy atom. The largest absolute Gasteiger partial charge is 0.472 e. The van der Waals surface area contributed by atoms with E-state index in [9.17, 15) is 14.4 Å². The summed E-state index contributed by atoms with van der Waals surface area (Å²) in [5, 5.41) is 0. The molecule has 2 aliphatic heterocycles. The van der Waals surface area contributed by atoms with Gasteiger partial charge in [0.25, 0.3) is 0 Å². The topological polar surface area (TPSA) is 95.3 Å². The van der Waals surface area contributed by atoms with Gasteiger partial charge in [0, 0.05) is 18.4 Å². The van der Waals surface area contributed by atoms with E-state index in [2.05, 4.69) is 0 Å². The minimum atomic E-state index is -0.945. The molecule has 0 amide bonds. The molecule has 0 bridgehead atoms. The first-order valence-corrected chi connectivity index (χ1v) is 11.8. The number of Topliss-reactive ketones (excluding diaryl/α,β-unsaturated/α-hetero) is 1. The van der Waals surface area contributed by atoms with Crippen LogP contribution in [-0.4, -0.2) is 35.5 Å². The Labute approximate surface area is 189 Å². The molecule has 176 valence electrons. The van der Waals surface area contributed by atoms with Gasteiger partial charge in [-0.05, 0) is 45.1 Å². The minimum Gasteiger partial charge on any atom is -0.472 e. The summed E-state index contributed by atoms with van der Waals surface area (Å²) in [6, 6.07) is 1.80. The first-order valence-electron chi connectivity index (χ1n) is 11.8. The fourth-order valence-electron chi connectivity index (χ4n) is 5.41. The van der Waals surface area contributed by atoms with Gasteiger partial charge in [-0.15, -0.1) is 0 Å². The van der Waals surface area contributed by atoms with E-state index in [1.54, 1.807) is 18.6 Å². The second-order valence-electron chi connectivity index (χ2n) is 10.1. The highest BCUT2D eigenvalue weighted by Gasteiger charge is 2.72. The van der Waals surface area contributed by atoms with Gasteiger partial charge in [0.05, 0.1) is 35.9 Å². The first kappa shape index (κ1) is 23.0. The molecular formula is C25H34O7. The summed E-state index contributed by atoms with van der Waals surface area (Å²) in [6.45, 7) is 9.55. The summed E-state index contributed by atoms with van der Waals surface area (Å²) >= 11 is 0. The monoisotopic (exact) mass is 446 g/mol. The number of ketones is 1. The molecule has 2 saturated heterocycles. The van der Waals surface area contributed by atoms with E-state index in [0.29, 0.717) is 32.1 Å². The normalized spacial score (nSPS) is 36.7. The zero-order valence-corrected chi connectivity index (χ0v) is 19.6. The van der Waals surface area contributed by atoms with Crippen LogP contribution in [0.25, 0.3) is 0 Å². The van der Waals surface area contributed by atoms with Crippen LogP contribution in [0.2, 0.25) is 0 Å². The second kappa shape index (κ2) is 8.32. The Balaban J connectivity index is 1.56. The molecule has 8 atom stereocenters. The standard InChI is InChI=1S/C25H34O7/c1-6-14(2)22(27)31-21(24(4)19(26)7-8-20-25(24,5)32-20)11-15(3)17-12-18(30-23(17)28)16-9-10-29-13-16/h9-10,13-15,17-18,20-21H,6-8,11-12H2,1-5H3. The van der Waals surface area contributed by atoms with E-state index in [0.717, 1.165) is 5.56 Å². The van der Waals surface area contributed by atoms with Gasteiger partial charge in [0.2, 0.25) is 0 Å². The quantitative estimate of drug-likeness (QED) is 0.431. The zero-order valence-electron chi connectivity index (χ0n) is 19.6. The van der Waals surface area contributed by atoms with Crippen molar-refractivity contribution in [1.29, 1.82) is 0 Å². The lowest BCUT2D eigenvalue weighted by atomic mass is 9.62. The first-order chi connectivity index (χ1) is 15.1. The Kier molecular flexibility index (Phi) is 5.99. The molecular weight excluding hydrogens is 412 g/mol. The van der Waals surface area contributed by atoms with Crippen molar-refractivity contribution in [2.75, 3.05) is 0 Å². The summed E-state index contributed by atoms with van der Waals surface area (Å²) in [7, 11) is 0. The third-order valence-electron chi connectivity index (χ3n) is 8.32. The predicted molar refractivity (Wildman–Crippen MR) is 114 cm³/mol. The van der Waals surface area contributed by atoms with Gasteiger partial charge >= 0.3 is 11.9 Å². The van der Waals surface area contributed by atoms with Crippen molar-refractivity contribution in [1.82, 2.24) is 0 Å². The molecule has 1 aliphatic carbocycles. The summed E-state index contributed by atoms with van der Waals surface area (Å²) in [4.78, 5) is 38.7. The molecule has 1 aromatic rings. The van der Waals surface area contributed by atoms with E-state index in [1.165, 1.54) is 0 Å². The molecule has 3 heterocycles. The lowest BCUT2D eigenvalue weighted by Crippen LogP contribution is -2.55. The maximum atomic E-state index is 13.2. The average Bonchev–Trinajstić information content (AvgIpc) is 3.12. The number of epoxide rings is 1. The molecule has 8 unspecified atom stereocenters. The van der Waals surface area contributed by atoms with E-state index in [4.69, 9.17) is 18.6 Å². The highest BCUT2D eigenvalue weighted by Crippen LogP contribution is 2.59. The van der Waals surface area contributed by atoms with Crippen LogP contribution in [0.5, 0.6) is 0 Å². The molecule has 32 heavy (non-hydrogen) atoms. The molecule has 1 saturated carbocycles. The van der Waals surface area contributed by atoms with Gasteiger partial charge < -0.3 is 18.6 Å². The van der Waals surface area contributed by atoms with Crippen LogP contribution in [0, 0.1) is 23.2 Å². The number of carbonyl (C=O) groups is 3. The fourth-order valence-corrected chi connectivity index (χ4v) is 5.41. The smallest absolute Gasteiger partial charge is 0.309 e. The van der Waals surface area contributed by atoms with Crippen LogP contribution in [-0.2, 0) is 28.6 Å². The Bertz CT molecular complexity index is 877. The number of hydrogen-bond acceptors (Lipinski definition) is 7. The second-order valence-corrected chi connectivity index (χ2v) is 10.1. The molecule has 4 rings (SSSR count). The number of cyclic esters (lactones) is 1. The summed E-state index contributed by atoms with van der Waals surface area (Å²) < 4.78 is 22.7. The van der Waals surface area contributed by atoms with Crippen LogP contribution in [0.4, 0.5) is 0 Å². The highest BCUT2D eigenvalue weighted by molar-refractivity contribution is 5.89. The lowest BCUT2D eigenvalue weighted by Gasteiger charge is -2.42. The van der Waals surface area contributed by atoms with Crippen molar-refractivity contribution in [2.24, 2.45) is 23.2 Å². The van der Waals surface area contributed by atoms with Crippen molar-refractivity contribution in [2.45, 2.75) is 90.6 Å². The van der Waals surface area contributed by atoms with Crippen LogP contribution in [0.3, 0.4) is 0 Å². The Hall–Kier alpha value is -2.15. The van der Waals surface area contributed by atoms with E-state index < -0.39 is 17.1 Å². The third kappa shape index (κ3) is 3.68. The van der Waals surface area contributed by atoms with Crippen molar-refractivity contribution < 1.29 is 33.0 Å². The molecule has 0 radical (unpaired) electrons. The van der Waals surface area contributed by atoms with Gasteiger partial charge in [0.15, 0.2) is 0 Å². The summed E-state index contributed by atoms with van der Waals surface area (Å²) in [5.74, 6) is -1.25. The average molecular weight is 447 g/mol. The molecule has 0 aromatic carbocycles. The minimum absolute atomic E-state index is 0.00669. The van der Waals surface area contributed by atoms with Crippen molar-refractivity contribution in [3.8, 4) is 0 Å². The SMILES string of the molecule is CCC(C)C(=O)OC(CC(C)C1CC(c2ccoc2)OC1=O)C1(C)C(=O)CCC2OC21C. The highest BCUT2D eigenvalue weighted by atomic mass is 16.6. The van der Waals surface area contributed by atoms with Crippen molar-refractivity contribution in [3.63, 3.8) is 0 Å². The molecule has 7 nitrogen and oxygen atoms in total. The predicted octanol–water partition coefficient (Wildman–Crippen LogP) is 4.39. The van der Waals surface area contributed by atoms with E-state index in [1.807, 2.05) is 34.6 Å². The van der Waals surface area contributed by atoms with Crippen molar-refractivity contribution >= 4 is 17.7 Å². The van der Waals surface area contributed by atoms with Crippen LogP contribution in [0.1, 0.15) is 78.4 Å². The third-order valence-corrected chi connectivity index (χ3v) is 8.32. The molecule has 1 aromatic heterocycles. The van der Waals surface area contributed by atoms with Gasteiger partial charge in [-0.2, -0.15) is 0 Å². The molecule has 0 spiro atoms. The lowest BCUT2D eigenvalue weighted by molar-refractivity contribution is -0.170. The number of furan rings is 1. The number of carbonyl (C=O) groups excluding carboxylic acids is 3.